The van der Waals surface area contributed by atoms with Crippen LogP contribution in [0.3, 0.4) is 0 Å². The monoisotopic (exact) mass is 347 g/mol. The minimum atomic E-state index is 0.509. The molecule has 0 atom stereocenters. The molecule has 4 heterocycles. The first-order valence-corrected chi connectivity index (χ1v) is 9.18. The highest BCUT2D eigenvalue weighted by Crippen LogP contribution is 2.33. The van der Waals surface area contributed by atoms with Crippen LogP contribution in [0.4, 0.5) is 5.82 Å². The second-order valence-corrected chi connectivity index (χ2v) is 6.97. The normalized spacial score (nSPS) is 15.1. The van der Waals surface area contributed by atoms with Crippen LogP contribution in [0.25, 0.3) is 11.3 Å². The lowest BCUT2D eigenvalue weighted by molar-refractivity contribution is 0.501. The van der Waals surface area contributed by atoms with Gasteiger partial charge in [0, 0.05) is 48.5 Å². The quantitative estimate of drug-likeness (QED) is 0.720. The molecular weight excluding hydrogens is 330 g/mol. The number of nitrogens with zero attached hydrogens (tertiary/aromatic N) is 5. The zero-order chi connectivity index (χ0) is 17.1. The Hall–Kier alpha value is -2.78. The maximum Gasteiger partial charge on any atom is 0.128 e. The Morgan fingerprint density at radius 2 is 1.92 bits per heavy atom. The first-order valence-electron chi connectivity index (χ1n) is 8.30. The van der Waals surface area contributed by atoms with Crippen LogP contribution in [-0.2, 0) is 0 Å². The van der Waals surface area contributed by atoms with Crippen LogP contribution in [0.1, 0.15) is 29.3 Å². The lowest BCUT2D eigenvalue weighted by Gasteiger charge is -2.31. The number of pyridine rings is 2. The van der Waals surface area contributed by atoms with E-state index in [0.717, 1.165) is 43.0 Å². The van der Waals surface area contributed by atoms with Crippen molar-refractivity contribution in [3.8, 4) is 17.3 Å². The zero-order valence-corrected chi connectivity index (χ0v) is 14.5. The Morgan fingerprint density at radius 1 is 1.12 bits per heavy atom. The number of thiazole rings is 1. The Labute approximate surface area is 150 Å². The van der Waals surface area contributed by atoms with Gasteiger partial charge in [-0.25, -0.2) is 9.97 Å². The fraction of sp³-hybridized carbons (Fsp3) is 0.263. The summed E-state index contributed by atoms with van der Waals surface area (Å²) in [5, 5.41) is 12.2. The molecule has 4 rings (SSSR count). The van der Waals surface area contributed by atoms with Crippen LogP contribution in [-0.4, -0.2) is 28.0 Å². The highest BCUT2D eigenvalue weighted by molar-refractivity contribution is 7.10. The van der Waals surface area contributed by atoms with Gasteiger partial charge in [-0.3, -0.25) is 4.98 Å². The number of hydrogen-bond donors (Lipinski definition) is 0. The van der Waals surface area contributed by atoms with Gasteiger partial charge in [-0.15, -0.1) is 11.3 Å². The van der Waals surface area contributed by atoms with Crippen LogP contribution >= 0.6 is 11.3 Å². The highest BCUT2D eigenvalue weighted by atomic mass is 32.1. The molecule has 0 unspecified atom stereocenters. The van der Waals surface area contributed by atoms with E-state index in [1.165, 1.54) is 5.01 Å². The highest BCUT2D eigenvalue weighted by Gasteiger charge is 2.23. The second-order valence-electron chi connectivity index (χ2n) is 6.09. The molecule has 25 heavy (non-hydrogen) atoms. The van der Waals surface area contributed by atoms with Crippen LogP contribution in [0.15, 0.2) is 48.2 Å². The average molecular weight is 347 g/mol. The molecule has 0 spiro atoms. The third-order valence-corrected chi connectivity index (χ3v) is 5.55. The van der Waals surface area contributed by atoms with Crippen molar-refractivity contribution >= 4 is 17.2 Å². The Balaban J connectivity index is 1.42. The van der Waals surface area contributed by atoms with Crippen molar-refractivity contribution in [3.63, 3.8) is 0 Å². The van der Waals surface area contributed by atoms with Crippen molar-refractivity contribution < 1.29 is 0 Å². The maximum atomic E-state index is 8.87. The van der Waals surface area contributed by atoms with E-state index in [0.29, 0.717) is 11.5 Å². The number of nitriles is 1. The van der Waals surface area contributed by atoms with E-state index in [1.807, 2.05) is 24.3 Å². The van der Waals surface area contributed by atoms with Gasteiger partial charge in [0.25, 0.3) is 0 Å². The van der Waals surface area contributed by atoms with E-state index >= 15 is 0 Å². The molecule has 5 nitrogen and oxygen atoms in total. The van der Waals surface area contributed by atoms with Crippen LogP contribution in [0.2, 0.25) is 0 Å². The standard InChI is InChI=1S/C19H17N5S/c20-11-14-1-2-18(22-12-14)24-9-5-16(6-10-24)19-23-17(13-25-19)15-3-7-21-8-4-15/h1-4,7-8,12-13,16H,5-6,9-10H2. The molecule has 0 amide bonds. The smallest absolute Gasteiger partial charge is 0.128 e. The molecule has 6 heteroatoms. The lowest BCUT2D eigenvalue weighted by atomic mass is 9.97. The van der Waals surface area contributed by atoms with Gasteiger partial charge in [0.2, 0.25) is 0 Å². The predicted molar refractivity (Wildman–Crippen MR) is 98.5 cm³/mol. The van der Waals surface area contributed by atoms with Gasteiger partial charge in [-0.1, -0.05) is 0 Å². The van der Waals surface area contributed by atoms with Crippen molar-refractivity contribution in [3.05, 3.63) is 58.8 Å². The fourth-order valence-corrected chi connectivity index (χ4v) is 4.13. The number of rotatable bonds is 3. The topological polar surface area (TPSA) is 65.7 Å². The van der Waals surface area contributed by atoms with E-state index in [-0.39, 0.29) is 0 Å². The summed E-state index contributed by atoms with van der Waals surface area (Å²) in [7, 11) is 0. The lowest BCUT2D eigenvalue weighted by Crippen LogP contribution is -2.33. The molecule has 1 saturated heterocycles. The fourth-order valence-electron chi connectivity index (χ4n) is 3.13. The Morgan fingerprint density at radius 3 is 2.60 bits per heavy atom. The van der Waals surface area contributed by atoms with Gasteiger partial charge in [0.1, 0.15) is 11.9 Å². The summed E-state index contributed by atoms with van der Waals surface area (Å²) in [5.74, 6) is 1.46. The van der Waals surface area contributed by atoms with E-state index in [9.17, 15) is 0 Å². The van der Waals surface area contributed by atoms with Gasteiger partial charge >= 0.3 is 0 Å². The summed E-state index contributed by atoms with van der Waals surface area (Å²) in [5.41, 5.74) is 2.76. The Kier molecular flexibility index (Phi) is 4.40. The predicted octanol–water partition coefficient (Wildman–Crippen LogP) is 3.86. The van der Waals surface area contributed by atoms with E-state index in [1.54, 1.807) is 29.9 Å². The zero-order valence-electron chi connectivity index (χ0n) is 13.7. The van der Waals surface area contributed by atoms with Gasteiger partial charge in [-0.2, -0.15) is 5.26 Å². The van der Waals surface area contributed by atoms with Gasteiger partial charge < -0.3 is 4.90 Å². The first-order chi connectivity index (χ1) is 12.3. The molecule has 1 fully saturated rings. The molecule has 3 aromatic heterocycles. The van der Waals surface area contributed by atoms with Crippen LogP contribution in [0, 0.1) is 11.3 Å². The summed E-state index contributed by atoms with van der Waals surface area (Å²) in [6, 6.07) is 9.87. The number of piperidine rings is 1. The van der Waals surface area contributed by atoms with Crippen molar-refractivity contribution in [1.29, 1.82) is 5.26 Å². The first kappa shape index (κ1) is 15.7. The van der Waals surface area contributed by atoms with Crippen molar-refractivity contribution in [2.45, 2.75) is 18.8 Å². The number of aromatic nitrogens is 3. The van der Waals surface area contributed by atoms with Crippen molar-refractivity contribution in [1.82, 2.24) is 15.0 Å². The van der Waals surface area contributed by atoms with Gasteiger partial charge in [0.15, 0.2) is 0 Å². The molecule has 0 bridgehead atoms. The third kappa shape index (κ3) is 3.37. The third-order valence-electron chi connectivity index (χ3n) is 4.54. The van der Waals surface area contributed by atoms with E-state index in [2.05, 4.69) is 26.3 Å². The average Bonchev–Trinajstić information content (AvgIpc) is 3.19. The molecule has 0 N–H and O–H groups in total. The molecule has 1 aliphatic rings. The van der Waals surface area contributed by atoms with E-state index < -0.39 is 0 Å². The largest absolute Gasteiger partial charge is 0.357 e. The minimum Gasteiger partial charge on any atom is -0.357 e. The van der Waals surface area contributed by atoms with Crippen LogP contribution in [0.5, 0.6) is 0 Å². The summed E-state index contributed by atoms with van der Waals surface area (Å²) < 4.78 is 0. The maximum absolute atomic E-state index is 8.87. The summed E-state index contributed by atoms with van der Waals surface area (Å²) in [6.07, 6.45) is 7.40. The molecular formula is C19H17N5S. The molecule has 0 radical (unpaired) electrons. The van der Waals surface area contributed by atoms with Gasteiger partial charge in [0.05, 0.1) is 16.3 Å². The van der Waals surface area contributed by atoms with Crippen molar-refractivity contribution in [2.24, 2.45) is 0 Å². The number of hydrogen-bond acceptors (Lipinski definition) is 6. The molecule has 3 aromatic rings. The summed E-state index contributed by atoms with van der Waals surface area (Å²) in [6.45, 7) is 1.93. The minimum absolute atomic E-state index is 0.509. The summed E-state index contributed by atoms with van der Waals surface area (Å²) >= 11 is 1.75. The molecule has 1 aliphatic heterocycles. The second kappa shape index (κ2) is 6.99. The Bertz CT molecular complexity index is 874. The summed E-state index contributed by atoms with van der Waals surface area (Å²) in [4.78, 5) is 15.6. The molecule has 0 saturated carbocycles. The molecule has 0 aromatic carbocycles. The van der Waals surface area contributed by atoms with Gasteiger partial charge in [-0.05, 0) is 37.1 Å². The van der Waals surface area contributed by atoms with Crippen LogP contribution < -0.4 is 4.90 Å². The van der Waals surface area contributed by atoms with Crippen molar-refractivity contribution in [2.75, 3.05) is 18.0 Å². The molecule has 0 aliphatic carbocycles. The SMILES string of the molecule is N#Cc1ccc(N2CCC(c3nc(-c4ccncc4)cs3)CC2)nc1. The number of anilines is 1. The van der Waals surface area contributed by atoms with E-state index in [4.69, 9.17) is 10.2 Å². The molecule has 124 valence electrons.